The van der Waals surface area contributed by atoms with Crippen LogP contribution in [0.1, 0.15) is 16.1 Å². The summed E-state index contributed by atoms with van der Waals surface area (Å²) in [6.07, 6.45) is 0. The fraction of sp³-hybridized carbons (Fsp3) is 0.111. The molecule has 1 heterocycles. The third-order valence-corrected chi connectivity index (χ3v) is 5.27. The van der Waals surface area contributed by atoms with Crippen LogP contribution in [0.4, 0.5) is 5.69 Å². The van der Waals surface area contributed by atoms with Gasteiger partial charge in [-0.15, -0.1) is 0 Å². The van der Waals surface area contributed by atoms with Gasteiger partial charge in [-0.05, 0) is 43.3 Å². The number of carbonyl (C=O) groups excluding carboxylic acids is 2. The maximum absolute atomic E-state index is 12.3. The van der Waals surface area contributed by atoms with Gasteiger partial charge in [0.1, 0.15) is 5.58 Å². The number of nitrogens with one attached hydrogen (secondary N) is 1. The quantitative estimate of drug-likeness (QED) is 0.556. The summed E-state index contributed by atoms with van der Waals surface area (Å²) >= 11 is 3.36. The second-order valence-corrected chi connectivity index (χ2v) is 8.37. The smallest absolute Gasteiger partial charge is 0.375 e. The van der Waals surface area contributed by atoms with Gasteiger partial charge in [-0.1, -0.05) is 22.0 Å². The SMILES string of the molecule is Cc1c(C(=O)OCC(=O)Nc2cccc(S(N)(=O)=O)c2)oc2ccc(Br)cc12. The number of hydrogen-bond donors (Lipinski definition) is 2. The van der Waals surface area contributed by atoms with Crippen LogP contribution < -0.4 is 10.5 Å². The molecule has 10 heteroatoms. The van der Waals surface area contributed by atoms with E-state index < -0.39 is 28.5 Å². The van der Waals surface area contributed by atoms with Crippen LogP contribution in [0.2, 0.25) is 0 Å². The molecule has 3 N–H and O–H groups in total. The number of amides is 1. The van der Waals surface area contributed by atoms with Crippen LogP contribution in [0.25, 0.3) is 11.0 Å². The van der Waals surface area contributed by atoms with E-state index >= 15 is 0 Å². The van der Waals surface area contributed by atoms with Gasteiger partial charge in [0, 0.05) is 21.1 Å². The van der Waals surface area contributed by atoms with Gasteiger partial charge < -0.3 is 14.5 Å². The summed E-state index contributed by atoms with van der Waals surface area (Å²) in [5, 5.41) is 8.24. The first kappa shape index (κ1) is 20.1. The van der Waals surface area contributed by atoms with Crippen molar-refractivity contribution in [3.8, 4) is 0 Å². The fourth-order valence-corrected chi connectivity index (χ4v) is 3.45. The summed E-state index contributed by atoms with van der Waals surface area (Å²) in [6.45, 7) is 1.15. The number of nitrogens with two attached hydrogens (primary N) is 1. The van der Waals surface area contributed by atoms with Gasteiger partial charge in [-0.2, -0.15) is 0 Å². The van der Waals surface area contributed by atoms with Crippen molar-refractivity contribution in [1.29, 1.82) is 0 Å². The van der Waals surface area contributed by atoms with Gasteiger partial charge in [0.15, 0.2) is 6.61 Å². The first-order chi connectivity index (χ1) is 13.1. The number of esters is 1. The van der Waals surface area contributed by atoms with Crippen molar-refractivity contribution in [2.24, 2.45) is 5.14 Å². The molecule has 146 valence electrons. The Morgan fingerprint density at radius 2 is 1.96 bits per heavy atom. The predicted molar refractivity (Wildman–Crippen MR) is 105 cm³/mol. The minimum atomic E-state index is -3.90. The molecule has 0 aliphatic heterocycles. The summed E-state index contributed by atoms with van der Waals surface area (Å²) in [5.41, 5.74) is 1.33. The number of furan rings is 1. The van der Waals surface area contributed by atoms with E-state index in [2.05, 4.69) is 21.2 Å². The zero-order valence-corrected chi connectivity index (χ0v) is 17.0. The molecule has 1 amide bonds. The Kier molecular flexibility index (Phi) is 5.54. The van der Waals surface area contributed by atoms with Gasteiger partial charge in [0.25, 0.3) is 5.91 Å². The van der Waals surface area contributed by atoms with E-state index in [9.17, 15) is 18.0 Å². The third-order valence-electron chi connectivity index (χ3n) is 3.86. The molecule has 0 bridgehead atoms. The van der Waals surface area contributed by atoms with E-state index in [-0.39, 0.29) is 16.3 Å². The fourth-order valence-electron chi connectivity index (χ4n) is 2.53. The van der Waals surface area contributed by atoms with Crippen LogP contribution in [-0.2, 0) is 19.6 Å². The molecule has 0 aliphatic carbocycles. The monoisotopic (exact) mass is 466 g/mol. The van der Waals surface area contributed by atoms with Crippen molar-refractivity contribution in [2.45, 2.75) is 11.8 Å². The standard InChI is InChI=1S/C18H15BrN2O6S/c1-10-14-7-11(19)5-6-15(14)27-17(10)18(23)26-9-16(22)21-12-3-2-4-13(8-12)28(20,24)25/h2-8H,9H2,1H3,(H,21,22)(H2,20,24,25). The molecule has 0 spiro atoms. The highest BCUT2D eigenvalue weighted by molar-refractivity contribution is 9.10. The Morgan fingerprint density at radius 3 is 2.68 bits per heavy atom. The maximum Gasteiger partial charge on any atom is 0.375 e. The summed E-state index contributed by atoms with van der Waals surface area (Å²) in [5.74, 6) is -1.41. The normalized spacial score (nSPS) is 11.4. The molecule has 8 nitrogen and oxygen atoms in total. The number of benzene rings is 2. The Bertz CT molecular complexity index is 1190. The number of ether oxygens (including phenoxy) is 1. The lowest BCUT2D eigenvalue weighted by Gasteiger charge is -2.07. The van der Waals surface area contributed by atoms with Gasteiger partial charge in [0.05, 0.1) is 4.90 Å². The van der Waals surface area contributed by atoms with Crippen LogP contribution in [0.5, 0.6) is 0 Å². The third kappa shape index (κ3) is 4.41. The minimum Gasteiger partial charge on any atom is -0.450 e. The van der Waals surface area contributed by atoms with Crippen molar-refractivity contribution in [3.05, 3.63) is 58.3 Å². The topological polar surface area (TPSA) is 129 Å². The highest BCUT2D eigenvalue weighted by Gasteiger charge is 2.20. The van der Waals surface area contributed by atoms with E-state index in [1.54, 1.807) is 19.1 Å². The van der Waals surface area contributed by atoms with Gasteiger partial charge >= 0.3 is 5.97 Å². The lowest BCUT2D eigenvalue weighted by Crippen LogP contribution is -2.21. The zero-order chi connectivity index (χ0) is 20.5. The second-order valence-electron chi connectivity index (χ2n) is 5.89. The molecule has 0 atom stereocenters. The van der Waals surface area contributed by atoms with Crippen LogP contribution in [0.15, 0.2) is 56.2 Å². The average molecular weight is 467 g/mol. The number of carbonyl (C=O) groups is 2. The van der Waals surface area contributed by atoms with Gasteiger partial charge in [-0.3, -0.25) is 4.79 Å². The maximum atomic E-state index is 12.3. The minimum absolute atomic E-state index is 0.0112. The first-order valence-corrected chi connectivity index (χ1v) is 10.3. The number of aryl methyl sites for hydroxylation is 1. The van der Waals surface area contributed by atoms with Crippen molar-refractivity contribution in [2.75, 3.05) is 11.9 Å². The van der Waals surface area contributed by atoms with E-state index in [0.717, 1.165) is 9.86 Å². The second kappa shape index (κ2) is 7.74. The summed E-state index contributed by atoms with van der Waals surface area (Å²) in [6, 6.07) is 10.7. The molecular weight excluding hydrogens is 452 g/mol. The molecule has 0 aliphatic rings. The molecule has 0 saturated carbocycles. The molecular formula is C18H15BrN2O6S. The molecule has 2 aromatic carbocycles. The molecule has 28 heavy (non-hydrogen) atoms. The summed E-state index contributed by atoms with van der Waals surface area (Å²) in [4.78, 5) is 24.1. The lowest BCUT2D eigenvalue weighted by molar-refractivity contribution is -0.119. The Balaban J connectivity index is 1.67. The van der Waals surface area contributed by atoms with Crippen LogP contribution in [-0.4, -0.2) is 26.9 Å². The molecule has 3 rings (SSSR count). The summed E-state index contributed by atoms with van der Waals surface area (Å²) in [7, 11) is -3.90. The largest absolute Gasteiger partial charge is 0.450 e. The molecule has 1 aromatic heterocycles. The molecule has 0 saturated heterocycles. The highest BCUT2D eigenvalue weighted by Crippen LogP contribution is 2.28. The Hall–Kier alpha value is -2.69. The number of rotatable bonds is 5. The first-order valence-electron chi connectivity index (χ1n) is 7.93. The molecule has 3 aromatic rings. The highest BCUT2D eigenvalue weighted by atomic mass is 79.9. The Morgan fingerprint density at radius 1 is 1.21 bits per heavy atom. The van der Waals surface area contributed by atoms with Crippen LogP contribution in [0.3, 0.4) is 0 Å². The van der Waals surface area contributed by atoms with Gasteiger partial charge in [0.2, 0.25) is 15.8 Å². The summed E-state index contributed by atoms with van der Waals surface area (Å²) < 4.78 is 34.1. The number of anilines is 1. The van der Waals surface area contributed by atoms with E-state index in [1.165, 1.54) is 24.3 Å². The lowest BCUT2D eigenvalue weighted by atomic mass is 10.1. The molecule has 0 radical (unpaired) electrons. The van der Waals surface area contributed by atoms with Crippen molar-refractivity contribution >= 4 is 54.5 Å². The van der Waals surface area contributed by atoms with Crippen LogP contribution >= 0.6 is 15.9 Å². The van der Waals surface area contributed by atoms with E-state index in [0.29, 0.717) is 11.1 Å². The van der Waals surface area contributed by atoms with E-state index in [1.807, 2.05) is 6.07 Å². The van der Waals surface area contributed by atoms with E-state index in [4.69, 9.17) is 14.3 Å². The molecule has 0 fully saturated rings. The number of halogens is 1. The Labute approximate surface area is 168 Å². The molecule has 0 unspecified atom stereocenters. The zero-order valence-electron chi connectivity index (χ0n) is 14.6. The van der Waals surface area contributed by atoms with Crippen molar-refractivity contribution in [3.63, 3.8) is 0 Å². The van der Waals surface area contributed by atoms with Crippen molar-refractivity contribution < 1.29 is 27.2 Å². The number of hydrogen-bond acceptors (Lipinski definition) is 6. The van der Waals surface area contributed by atoms with Crippen LogP contribution in [0, 0.1) is 6.92 Å². The average Bonchev–Trinajstić information content (AvgIpc) is 2.95. The number of fused-ring (bicyclic) bond motifs is 1. The predicted octanol–water partition coefficient (Wildman–Crippen LogP) is 2.95. The van der Waals surface area contributed by atoms with Crippen molar-refractivity contribution in [1.82, 2.24) is 0 Å². The number of sulfonamides is 1. The number of primary sulfonamides is 1. The van der Waals surface area contributed by atoms with Gasteiger partial charge in [-0.25, -0.2) is 18.4 Å².